The van der Waals surface area contributed by atoms with Crippen LogP contribution >= 0.6 is 0 Å². The number of rotatable bonds is 8. The molecule has 0 saturated carbocycles. The monoisotopic (exact) mass is 502 g/mol. The van der Waals surface area contributed by atoms with Gasteiger partial charge in [-0.05, 0) is 89.1 Å². The molecule has 0 bridgehead atoms. The van der Waals surface area contributed by atoms with E-state index in [2.05, 4.69) is 54.7 Å². The fourth-order valence-electron chi connectivity index (χ4n) is 4.43. The van der Waals surface area contributed by atoms with Crippen molar-refractivity contribution in [3.8, 4) is 6.07 Å². The van der Waals surface area contributed by atoms with Gasteiger partial charge in [0.05, 0.1) is 29.2 Å². The Bertz CT molecular complexity index is 1190. The van der Waals surface area contributed by atoms with E-state index in [0.717, 1.165) is 31.5 Å². The summed E-state index contributed by atoms with van der Waals surface area (Å²) >= 11 is 0. The van der Waals surface area contributed by atoms with Gasteiger partial charge in [-0.25, -0.2) is 0 Å². The molecule has 7 nitrogen and oxygen atoms in total. The molecular formula is C30H42N6O. The zero-order valence-electron chi connectivity index (χ0n) is 23.2. The number of benzene rings is 1. The van der Waals surface area contributed by atoms with Gasteiger partial charge in [0.15, 0.2) is 0 Å². The highest BCUT2D eigenvalue weighted by atomic mass is 16.1. The molecule has 37 heavy (non-hydrogen) atoms. The largest absolute Gasteiger partial charge is 0.397 e. The van der Waals surface area contributed by atoms with E-state index in [-0.39, 0.29) is 11.6 Å². The number of likely N-dealkylation sites (N-methyl/N-ethyl adjacent to an activating group) is 1. The molecule has 0 spiro atoms. The van der Waals surface area contributed by atoms with Gasteiger partial charge in [-0.15, -0.1) is 0 Å². The summed E-state index contributed by atoms with van der Waals surface area (Å²) in [6.07, 6.45) is 7.68. The first-order valence-electron chi connectivity index (χ1n) is 13.0. The van der Waals surface area contributed by atoms with Crippen LogP contribution in [0, 0.1) is 11.3 Å². The fraction of sp³-hybridized carbons (Fsp3) is 0.433. The second kappa shape index (κ2) is 14.3. The first kappa shape index (κ1) is 29.8. The first-order valence-corrected chi connectivity index (χ1v) is 13.0. The van der Waals surface area contributed by atoms with Gasteiger partial charge in [-0.3, -0.25) is 9.69 Å². The number of hydrogen-bond donors (Lipinski definition) is 1. The van der Waals surface area contributed by atoms with Gasteiger partial charge in [-0.2, -0.15) is 15.0 Å². The van der Waals surface area contributed by atoms with Crippen LogP contribution in [0.15, 0.2) is 71.2 Å². The Balaban J connectivity index is 0.00000235. The first-order chi connectivity index (χ1) is 17.7. The number of nitrogen functional groups attached to an aromatic ring is 1. The molecule has 1 aromatic carbocycles. The summed E-state index contributed by atoms with van der Waals surface area (Å²) in [5.41, 5.74) is 10.4. The van der Waals surface area contributed by atoms with Crippen LogP contribution in [0.2, 0.25) is 0 Å². The quantitative estimate of drug-likeness (QED) is 0.517. The lowest BCUT2D eigenvalue weighted by atomic mass is 9.88. The molecule has 0 aliphatic carbocycles. The Hall–Kier alpha value is -3.47. The topological polar surface area (TPSA) is 91.2 Å². The molecule has 3 rings (SSSR count). The molecule has 1 unspecified atom stereocenters. The maximum absolute atomic E-state index is 12.6. The zero-order valence-corrected chi connectivity index (χ0v) is 23.2. The van der Waals surface area contributed by atoms with Crippen LogP contribution in [0.1, 0.15) is 57.6 Å². The molecule has 0 amide bonds. The van der Waals surface area contributed by atoms with Crippen LogP contribution in [-0.2, 0) is 0 Å². The van der Waals surface area contributed by atoms with Crippen molar-refractivity contribution >= 4 is 11.4 Å². The molecule has 198 valence electrons. The Kier molecular flexibility index (Phi) is 11.5. The average molecular weight is 503 g/mol. The van der Waals surface area contributed by atoms with Gasteiger partial charge in [-0.1, -0.05) is 44.2 Å². The van der Waals surface area contributed by atoms with Crippen molar-refractivity contribution in [2.75, 3.05) is 39.5 Å². The molecule has 1 saturated heterocycles. The predicted molar refractivity (Wildman–Crippen MR) is 154 cm³/mol. The van der Waals surface area contributed by atoms with E-state index in [4.69, 9.17) is 11.0 Å². The van der Waals surface area contributed by atoms with Crippen LogP contribution < -0.4 is 11.3 Å². The molecular weight excluding hydrogens is 460 g/mol. The molecule has 2 aromatic rings. The molecule has 1 aliphatic rings. The van der Waals surface area contributed by atoms with Crippen LogP contribution in [0.5, 0.6) is 0 Å². The van der Waals surface area contributed by atoms with E-state index in [0.29, 0.717) is 29.4 Å². The zero-order chi connectivity index (χ0) is 27.5. The van der Waals surface area contributed by atoms with Gasteiger partial charge in [0.1, 0.15) is 0 Å². The summed E-state index contributed by atoms with van der Waals surface area (Å²) < 4.78 is 1.36. The van der Waals surface area contributed by atoms with Gasteiger partial charge in [0.2, 0.25) is 0 Å². The minimum Gasteiger partial charge on any atom is -0.397 e. The molecule has 2 N–H and O–H groups in total. The molecule has 7 heteroatoms. The summed E-state index contributed by atoms with van der Waals surface area (Å²) in [6.45, 7) is 15.3. The second-order valence-electron chi connectivity index (χ2n) is 9.52. The third-order valence-corrected chi connectivity index (χ3v) is 6.68. The Labute approximate surface area is 222 Å². The average Bonchev–Trinajstić information content (AvgIpc) is 2.90. The number of piperidine rings is 1. The van der Waals surface area contributed by atoms with Crippen molar-refractivity contribution < 1.29 is 0 Å². The second-order valence-corrected chi connectivity index (χ2v) is 9.52. The van der Waals surface area contributed by atoms with E-state index in [9.17, 15) is 4.79 Å². The number of likely N-dealkylation sites (tertiary alicyclic amines) is 1. The maximum atomic E-state index is 12.6. The van der Waals surface area contributed by atoms with Crippen LogP contribution in [0.4, 0.5) is 5.69 Å². The minimum absolute atomic E-state index is 0.250. The van der Waals surface area contributed by atoms with Crippen LogP contribution in [0.3, 0.4) is 0 Å². The van der Waals surface area contributed by atoms with E-state index in [1.807, 2.05) is 51.1 Å². The number of nitrogens with two attached hydrogens (primary N) is 1. The number of nitriles is 1. The minimum atomic E-state index is -0.278. The van der Waals surface area contributed by atoms with Gasteiger partial charge in [0.25, 0.3) is 5.56 Å². The number of nitrogens with zero attached hydrogens (tertiary/aromatic N) is 5. The van der Waals surface area contributed by atoms with E-state index in [1.165, 1.54) is 28.1 Å². The molecule has 1 aliphatic heterocycles. The molecule has 1 atom stereocenters. The lowest BCUT2D eigenvalue weighted by Crippen LogP contribution is -2.40. The van der Waals surface area contributed by atoms with Crippen molar-refractivity contribution in [2.24, 2.45) is 0 Å². The number of aromatic nitrogens is 2. The third kappa shape index (κ3) is 8.28. The number of hydrogen-bond acceptors (Lipinski definition) is 6. The van der Waals surface area contributed by atoms with Gasteiger partial charge < -0.3 is 10.6 Å². The maximum Gasteiger partial charge on any atom is 0.273 e. The Morgan fingerprint density at radius 3 is 2.43 bits per heavy atom. The normalized spacial score (nSPS) is 16.1. The highest BCUT2D eigenvalue weighted by molar-refractivity contribution is 5.67. The van der Waals surface area contributed by atoms with E-state index in [1.54, 1.807) is 0 Å². The standard InChI is InChI=1S/C28H36N6O.C2H6/c1-20(16-21(2)27(12-13-32(4)5)34-28(35)17-26(30)19-31-34)22(3)33-14-10-25(11-15-33)24-8-6-23(18-29)7-9-24;1-2/h6-9,12,16-17,19,22,25H,2,10-11,13-15,30H2,1,3-5H3;1-2H3/b20-16+,27-12+;. The van der Waals surface area contributed by atoms with Crippen molar-refractivity contribution in [2.45, 2.75) is 52.5 Å². The molecule has 1 aromatic heterocycles. The van der Waals surface area contributed by atoms with Crippen molar-refractivity contribution in [1.82, 2.24) is 19.6 Å². The smallest absolute Gasteiger partial charge is 0.273 e. The van der Waals surface area contributed by atoms with Crippen molar-refractivity contribution in [3.63, 3.8) is 0 Å². The highest BCUT2D eigenvalue weighted by Crippen LogP contribution is 2.30. The van der Waals surface area contributed by atoms with E-state index >= 15 is 0 Å². The lowest BCUT2D eigenvalue weighted by molar-refractivity contribution is 0.180. The highest BCUT2D eigenvalue weighted by Gasteiger charge is 2.24. The van der Waals surface area contributed by atoms with Crippen molar-refractivity contribution in [1.29, 1.82) is 5.26 Å². The van der Waals surface area contributed by atoms with Crippen molar-refractivity contribution in [3.05, 3.63) is 87.9 Å². The Morgan fingerprint density at radius 1 is 1.27 bits per heavy atom. The number of anilines is 1. The SMILES string of the molecule is C=C(/C=C(\C)C(C)N1CCC(c2ccc(C#N)cc2)CC1)/C(=C\CN(C)C)n1ncc(N)cc1=O.CC. The summed E-state index contributed by atoms with van der Waals surface area (Å²) in [5, 5.41) is 13.3. The molecule has 0 radical (unpaired) electrons. The third-order valence-electron chi connectivity index (χ3n) is 6.68. The molecule has 1 fully saturated rings. The lowest BCUT2D eigenvalue weighted by Gasteiger charge is -2.37. The summed E-state index contributed by atoms with van der Waals surface area (Å²) in [4.78, 5) is 17.1. The fourth-order valence-corrected chi connectivity index (χ4v) is 4.43. The molecule has 2 heterocycles. The summed E-state index contributed by atoms with van der Waals surface area (Å²) in [5.74, 6) is 0.523. The van der Waals surface area contributed by atoms with Crippen LogP contribution in [-0.4, -0.2) is 59.4 Å². The summed E-state index contributed by atoms with van der Waals surface area (Å²) in [6, 6.07) is 11.8. The van der Waals surface area contributed by atoms with Crippen LogP contribution in [0.25, 0.3) is 5.70 Å². The Morgan fingerprint density at radius 2 is 1.89 bits per heavy atom. The van der Waals surface area contributed by atoms with Gasteiger partial charge in [0, 0.05) is 18.7 Å². The summed E-state index contributed by atoms with van der Waals surface area (Å²) in [7, 11) is 3.95. The van der Waals surface area contributed by atoms with Gasteiger partial charge >= 0.3 is 0 Å². The number of allylic oxidation sites excluding steroid dienone is 3. The van der Waals surface area contributed by atoms with E-state index < -0.39 is 0 Å². The predicted octanol–water partition coefficient (Wildman–Crippen LogP) is 4.90.